The molecule has 3 rings (SSSR count). The van der Waals surface area contributed by atoms with Crippen LogP contribution >= 0.6 is 11.7 Å². The van der Waals surface area contributed by atoms with Crippen molar-refractivity contribution in [1.82, 2.24) is 13.6 Å². The Bertz CT molecular complexity index is 395. The molecule has 5 heteroatoms. The second kappa shape index (κ2) is 5.53. The Morgan fingerprint density at radius 3 is 3.17 bits per heavy atom. The topological polar surface area (TPSA) is 38.3 Å². The van der Waals surface area contributed by atoms with E-state index in [2.05, 4.69) is 20.6 Å². The summed E-state index contributed by atoms with van der Waals surface area (Å²) in [4.78, 5) is 2.56. The van der Waals surface area contributed by atoms with Gasteiger partial charge in [-0.2, -0.15) is 4.37 Å². The molecule has 18 heavy (non-hydrogen) atoms. The Morgan fingerprint density at radius 2 is 2.33 bits per heavy atom. The maximum absolute atomic E-state index is 5.80. The molecule has 0 saturated carbocycles. The Morgan fingerprint density at radius 1 is 1.39 bits per heavy atom. The molecule has 0 radical (unpaired) electrons. The summed E-state index contributed by atoms with van der Waals surface area (Å²) in [5.41, 5.74) is 1.13. The number of aromatic nitrogens is 2. The van der Waals surface area contributed by atoms with Crippen LogP contribution in [0.15, 0.2) is 0 Å². The zero-order chi connectivity index (χ0) is 12.4. The average Bonchev–Trinajstić information content (AvgIpc) is 2.95. The van der Waals surface area contributed by atoms with Crippen molar-refractivity contribution in [2.45, 2.75) is 38.5 Å². The van der Waals surface area contributed by atoms with Crippen LogP contribution in [0.4, 0.5) is 0 Å². The van der Waals surface area contributed by atoms with Crippen LogP contribution in [0.1, 0.15) is 44.2 Å². The van der Waals surface area contributed by atoms with Gasteiger partial charge >= 0.3 is 0 Å². The van der Waals surface area contributed by atoms with Crippen molar-refractivity contribution in [1.29, 1.82) is 0 Å². The minimum atomic E-state index is 0.558. The number of fused-ring (bicyclic) bond motifs is 2. The Balaban J connectivity index is 1.70. The largest absolute Gasteiger partial charge is 0.476 e. The van der Waals surface area contributed by atoms with Crippen LogP contribution in [0.5, 0.6) is 5.88 Å². The fraction of sp³-hybridized carbons (Fsp3) is 0.846. The molecule has 1 aromatic heterocycles. The van der Waals surface area contributed by atoms with E-state index in [0.29, 0.717) is 5.92 Å². The summed E-state index contributed by atoms with van der Waals surface area (Å²) < 4.78 is 14.6. The zero-order valence-electron chi connectivity index (χ0n) is 11.0. The first-order chi connectivity index (χ1) is 8.88. The van der Waals surface area contributed by atoms with Gasteiger partial charge in [-0.15, -0.1) is 4.37 Å². The average molecular weight is 267 g/mol. The number of hydrogen-bond acceptors (Lipinski definition) is 5. The predicted octanol–water partition coefficient (Wildman–Crippen LogP) is 2.53. The summed E-state index contributed by atoms with van der Waals surface area (Å²) >= 11 is 1.30. The van der Waals surface area contributed by atoms with Gasteiger partial charge < -0.3 is 9.64 Å². The van der Waals surface area contributed by atoms with E-state index in [1.54, 1.807) is 0 Å². The number of unbranched alkanes of at least 4 members (excludes halogenated alkanes) is 1. The molecule has 0 aliphatic carbocycles. The zero-order valence-corrected chi connectivity index (χ0v) is 11.8. The van der Waals surface area contributed by atoms with Gasteiger partial charge in [0.05, 0.1) is 18.3 Å². The first kappa shape index (κ1) is 12.4. The fourth-order valence-electron chi connectivity index (χ4n) is 3.15. The van der Waals surface area contributed by atoms with Crippen molar-refractivity contribution >= 4 is 11.7 Å². The molecule has 0 amide bonds. The van der Waals surface area contributed by atoms with Gasteiger partial charge in [-0.3, -0.25) is 0 Å². The minimum Gasteiger partial charge on any atom is -0.476 e. The van der Waals surface area contributed by atoms with Gasteiger partial charge in [0, 0.05) is 19.0 Å². The molecule has 0 aromatic carbocycles. The van der Waals surface area contributed by atoms with Crippen LogP contribution < -0.4 is 4.74 Å². The monoisotopic (exact) mass is 267 g/mol. The third-order valence-electron chi connectivity index (χ3n) is 4.14. The van der Waals surface area contributed by atoms with Crippen molar-refractivity contribution in [2.24, 2.45) is 5.92 Å². The van der Waals surface area contributed by atoms with Crippen LogP contribution in [-0.4, -0.2) is 39.9 Å². The molecule has 1 aromatic rings. The van der Waals surface area contributed by atoms with Crippen LogP contribution in [0.25, 0.3) is 0 Å². The number of rotatable bonds is 5. The normalized spacial score (nSPS) is 30.6. The lowest BCUT2D eigenvalue weighted by atomic mass is 9.89. The highest BCUT2D eigenvalue weighted by Gasteiger charge is 2.39. The van der Waals surface area contributed by atoms with Crippen molar-refractivity contribution in [3.05, 3.63) is 5.69 Å². The van der Waals surface area contributed by atoms with Crippen LogP contribution in [0.2, 0.25) is 0 Å². The van der Waals surface area contributed by atoms with Gasteiger partial charge in [0.1, 0.15) is 5.69 Å². The van der Waals surface area contributed by atoms with E-state index in [9.17, 15) is 0 Å². The molecule has 3 heterocycles. The van der Waals surface area contributed by atoms with E-state index in [1.165, 1.54) is 37.7 Å². The highest BCUT2D eigenvalue weighted by molar-refractivity contribution is 6.99. The van der Waals surface area contributed by atoms with Gasteiger partial charge in [0.25, 0.3) is 0 Å². The Kier molecular flexibility index (Phi) is 3.80. The van der Waals surface area contributed by atoms with Gasteiger partial charge in [-0.1, -0.05) is 13.3 Å². The fourth-order valence-corrected chi connectivity index (χ4v) is 3.71. The molecule has 2 fully saturated rings. The molecule has 2 aliphatic heterocycles. The summed E-state index contributed by atoms with van der Waals surface area (Å²) in [5.74, 6) is 2.14. The molecule has 2 aliphatic rings. The smallest absolute Gasteiger partial charge is 0.249 e. The summed E-state index contributed by atoms with van der Waals surface area (Å²) in [5, 5.41) is 0. The van der Waals surface area contributed by atoms with Crippen molar-refractivity contribution in [3.8, 4) is 5.88 Å². The minimum absolute atomic E-state index is 0.558. The van der Waals surface area contributed by atoms with Crippen molar-refractivity contribution < 1.29 is 4.74 Å². The van der Waals surface area contributed by atoms with E-state index in [0.717, 1.165) is 43.5 Å². The lowest BCUT2D eigenvalue weighted by Crippen LogP contribution is -2.25. The van der Waals surface area contributed by atoms with E-state index < -0.39 is 0 Å². The molecule has 4 nitrogen and oxygen atoms in total. The molecular formula is C13H21N3OS. The van der Waals surface area contributed by atoms with Crippen LogP contribution in [0.3, 0.4) is 0 Å². The van der Waals surface area contributed by atoms with Crippen molar-refractivity contribution in [3.63, 3.8) is 0 Å². The van der Waals surface area contributed by atoms with Gasteiger partial charge in [0.2, 0.25) is 5.88 Å². The molecule has 2 saturated heterocycles. The van der Waals surface area contributed by atoms with E-state index in [1.807, 2.05) is 0 Å². The number of piperidine rings is 1. The highest BCUT2D eigenvalue weighted by Crippen LogP contribution is 2.40. The summed E-state index contributed by atoms with van der Waals surface area (Å²) in [6, 6.07) is 0. The molecule has 3 atom stereocenters. The molecule has 100 valence electrons. The summed E-state index contributed by atoms with van der Waals surface area (Å²) in [6.45, 7) is 6.61. The van der Waals surface area contributed by atoms with Crippen molar-refractivity contribution in [2.75, 3.05) is 26.2 Å². The highest BCUT2D eigenvalue weighted by atomic mass is 32.1. The molecule has 1 unspecified atom stereocenters. The third kappa shape index (κ3) is 2.38. The standard InChI is InChI=1S/C13H21N3OS/c1-2-3-7-17-13-12(14-18-15-13)11-9-16-6-4-5-10(11)8-16/h10-11H,2-9H2,1H3/t10-,11-/m0/s1. The van der Waals surface area contributed by atoms with Crippen LogP contribution in [-0.2, 0) is 0 Å². The third-order valence-corrected chi connectivity index (χ3v) is 4.66. The quantitative estimate of drug-likeness (QED) is 0.768. The predicted molar refractivity (Wildman–Crippen MR) is 72.2 cm³/mol. The lowest BCUT2D eigenvalue weighted by Gasteiger charge is -2.21. The van der Waals surface area contributed by atoms with Gasteiger partial charge in [0.15, 0.2) is 0 Å². The van der Waals surface area contributed by atoms with Crippen LogP contribution in [0, 0.1) is 5.92 Å². The SMILES string of the molecule is CCCCOc1nsnc1[C@H]1CN2CCC[C@H]1C2. The maximum atomic E-state index is 5.80. The number of hydrogen-bond donors (Lipinski definition) is 0. The maximum Gasteiger partial charge on any atom is 0.249 e. The molecule has 0 spiro atoms. The molecular weight excluding hydrogens is 246 g/mol. The van der Waals surface area contributed by atoms with Gasteiger partial charge in [-0.05, 0) is 31.7 Å². The van der Waals surface area contributed by atoms with Gasteiger partial charge in [-0.25, -0.2) is 0 Å². The first-order valence-electron chi connectivity index (χ1n) is 7.06. The second-order valence-electron chi connectivity index (χ2n) is 5.43. The van der Waals surface area contributed by atoms with E-state index in [-0.39, 0.29) is 0 Å². The summed E-state index contributed by atoms with van der Waals surface area (Å²) in [7, 11) is 0. The molecule has 0 N–H and O–H groups in total. The Labute approximate surface area is 113 Å². The number of ether oxygens (including phenoxy) is 1. The first-order valence-corrected chi connectivity index (χ1v) is 7.79. The molecule has 2 bridgehead atoms. The van der Waals surface area contributed by atoms with E-state index >= 15 is 0 Å². The summed E-state index contributed by atoms with van der Waals surface area (Å²) in [6.07, 6.45) is 4.93. The second-order valence-corrected chi connectivity index (χ2v) is 5.95. The Hall–Kier alpha value is -0.680. The van der Waals surface area contributed by atoms with E-state index in [4.69, 9.17) is 4.74 Å². The lowest BCUT2D eigenvalue weighted by molar-refractivity contribution is 0.269. The number of nitrogens with zero attached hydrogens (tertiary/aromatic N) is 3.